The minimum atomic E-state index is 0. The number of aromatic nitrogens is 1. The summed E-state index contributed by atoms with van der Waals surface area (Å²) in [5, 5.41) is 0. The van der Waals surface area contributed by atoms with Crippen LogP contribution in [0.1, 0.15) is 33.5 Å². The second-order valence-corrected chi connectivity index (χ2v) is 5.24. The van der Waals surface area contributed by atoms with Crippen LogP contribution in [0, 0.1) is 61.1 Å². The van der Waals surface area contributed by atoms with Crippen LogP contribution in [-0.4, -0.2) is 4.57 Å². The summed E-state index contributed by atoms with van der Waals surface area (Å²) >= 11 is 0. The van der Waals surface area contributed by atoms with Crippen LogP contribution in [0.25, 0.3) is 11.3 Å². The number of benzene rings is 1. The molecule has 0 aliphatic carbocycles. The monoisotopic (exact) mass is 536 g/mol. The summed E-state index contributed by atoms with van der Waals surface area (Å²) in [6.45, 7) is 12.9. The van der Waals surface area contributed by atoms with Crippen molar-refractivity contribution >= 4 is 0 Å². The van der Waals surface area contributed by atoms with E-state index < -0.39 is 0 Å². The van der Waals surface area contributed by atoms with Gasteiger partial charge in [0.2, 0.25) is 0 Å². The average Bonchev–Trinajstić information content (AvgIpc) is 2.59. The molecule has 0 unspecified atom stereocenters. The summed E-state index contributed by atoms with van der Waals surface area (Å²) in [4.78, 5) is 0. The van der Waals surface area contributed by atoms with Crippen molar-refractivity contribution in [3.63, 3.8) is 0 Å². The zero-order valence-electron chi connectivity index (χ0n) is 14.4. The molecular weight excluding hydrogens is 511 g/mol. The summed E-state index contributed by atoms with van der Waals surface area (Å²) in [5.74, 6) is 0. The van der Waals surface area contributed by atoms with Gasteiger partial charge in [0.25, 0.3) is 0 Å². The Labute approximate surface area is 169 Å². The number of aryl methyl sites for hydroxylation is 2. The quantitative estimate of drug-likeness (QED) is 0.471. The molecule has 0 aliphatic heterocycles. The van der Waals surface area contributed by atoms with E-state index in [1.165, 1.54) is 39.1 Å². The maximum Gasteiger partial charge on any atom is 3.00 e. The Balaban J connectivity index is 0. The van der Waals surface area contributed by atoms with Gasteiger partial charge in [-0.2, -0.15) is 16.8 Å². The average molecular weight is 536 g/mol. The first kappa shape index (κ1) is 23.5. The van der Waals surface area contributed by atoms with Crippen molar-refractivity contribution in [1.82, 2.24) is 4.57 Å². The zero-order chi connectivity index (χ0) is 13.6. The van der Waals surface area contributed by atoms with Crippen molar-refractivity contribution in [1.29, 1.82) is 0 Å². The first-order valence-corrected chi connectivity index (χ1v) is 6.39. The van der Waals surface area contributed by atoms with E-state index in [-0.39, 0.29) is 60.2 Å². The van der Waals surface area contributed by atoms with Gasteiger partial charge in [-0.25, -0.2) is 17.7 Å². The maximum absolute atomic E-state index is 3.53. The summed E-state index contributed by atoms with van der Waals surface area (Å²) in [7, 11) is 2.10. The smallest absolute Gasteiger partial charge is 0.461 e. The van der Waals surface area contributed by atoms with Gasteiger partial charge in [0, 0.05) is 32.7 Å². The Morgan fingerprint density at radius 3 is 1.71 bits per heavy atom. The molecule has 0 amide bonds. The third kappa shape index (κ3) is 4.16. The first-order valence-electron chi connectivity index (χ1n) is 6.39. The van der Waals surface area contributed by atoms with Gasteiger partial charge in [-0.3, -0.25) is 0 Å². The van der Waals surface area contributed by atoms with Gasteiger partial charge in [0.1, 0.15) is 0 Å². The summed E-state index contributed by atoms with van der Waals surface area (Å²) in [6, 6.07) is 7.01. The van der Waals surface area contributed by atoms with Crippen LogP contribution in [0.15, 0.2) is 0 Å². The third-order valence-electron chi connectivity index (χ3n) is 4.30. The van der Waals surface area contributed by atoms with E-state index in [9.17, 15) is 0 Å². The van der Waals surface area contributed by atoms with Gasteiger partial charge >= 0.3 is 20.1 Å². The van der Waals surface area contributed by atoms with Crippen molar-refractivity contribution in [3.05, 3.63) is 53.1 Å². The molecule has 0 atom stereocenters. The molecule has 0 saturated carbocycles. The molecule has 2 rings (SSSR count). The summed E-state index contributed by atoms with van der Waals surface area (Å²) in [6.07, 6.45) is 0. The largest absolute Gasteiger partial charge is 3.00 e. The van der Waals surface area contributed by atoms with Crippen molar-refractivity contribution in [2.75, 3.05) is 0 Å². The molecular formula is C18H24IrNY. The fraction of sp³-hybridized carbons (Fsp3) is 0.389. The first-order chi connectivity index (χ1) is 8.34. The summed E-state index contributed by atoms with van der Waals surface area (Å²) in [5.41, 5.74) is 10.1. The second kappa shape index (κ2) is 8.77. The molecule has 0 bridgehead atoms. The Bertz CT molecular complexity index is 627. The van der Waals surface area contributed by atoms with E-state index in [1.807, 2.05) is 0 Å². The van der Waals surface area contributed by atoms with Crippen LogP contribution < -0.4 is 0 Å². The van der Waals surface area contributed by atoms with Crippen LogP contribution in [0.3, 0.4) is 0 Å². The van der Waals surface area contributed by atoms with E-state index in [2.05, 4.69) is 65.3 Å². The molecule has 1 nitrogen and oxygen atoms in total. The topological polar surface area (TPSA) is 4.93 Å². The Morgan fingerprint density at radius 1 is 0.762 bits per heavy atom. The minimum Gasteiger partial charge on any atom is -0.461 e. The molecule has 0 N–H and O–H groups in total. The van der Waals surface area contributed by atoms with Crippen LogP contribution in [0.2, 0.25) is 0 Å². The van der Waals surface area contributed by atoms with Gasteiger partial charge in [-0.1, -0.05) is 47.2 Å². The van der Waals surface area contributed by atoms with E-state index in [0.29, 0.717) is 0 Å². The fourth-order valence-electron chi connectivity index (χ4n) is 2.36. The molecule has 0 spiro atoms. The predicted octanol–water partition coefficient (Wildman–Crippen LogP) is 4.59. The van der Waals surface area contributed by atoms with E-state index in [1.54, 1.807) is 0 Å². The number of hydrogen-bond acceptors (Lipinski definition) is 0. The minimum absolute atomic E-state index is 0. The molecule has 0 fully saturated rings. The van der Waals surface area contributed by atoms with E-state index in [4.69, 9.17) is 0 Å². The zero-order valence-corrected chi connectivity index (χ0v) is 19.6. The van der Waals surface area contributed by atoms with Gasteiger partial charge in [-0.05, 0) is 7.05 Å². The molecule has 2 aromatic rings. The molecule has 3 heteroatoms. The molecule has 21 heavy (non-hydrogen) atoms. The van der Waals surface area contributed by atoms with Crippen LogP contribution in [0.5, 0.6) is 0 Å². The van der Waals surface area contributed by atoms with Gasteiger partial charge in [-0.15, -0.1) is 16.7 Å². The third-order valence-corrected chi connectivity index (χ3v) is 4.30. The van der Waals surface area contributed by atoms with E-state index in [0.717, 1.165) is 5.69 Å². The SMILES string of the molecule is Cc1[c-]c(-c2[c-]c(C)c(C)n2C)c(C)c(C)c1C.[CH3-].[Ir+3].[Y]. The number of hydrogen-bond donors (Lipinski definition) is 0. The van der Waals surface area contributed by atoms with Crippen molar-refractivity contribution in [2.24, 2.45) is 7.05 Å². The Kier molecular flexibility index (Phi) is 9.83. The predicted molar refractivity (Wildman–Crippen MR) is 83.4 cm³/mol. The van der Waals surface area contributed by atoms with Gasteiger partial charge < -0.3 is 12.0 Å². The normalized spacial score (nSPS) is 9.48. The molecule has 1 aromatic heterocycles. The molecule has 0 saturated heterocycles. The van der Waals surface area contributed by atoms with Crippen molar-refractivity contribution in [3.8, 4) is 11.3 Å². The molecule has 1 radical (unpaired) electrons. The van der Waals surface area contributed by atoms with Crippen LogP contribution in [0.4, 0.5) is 0 Å². The maximum atomic E-state index is 3.53. The Hall–Kier alpha value is 0.253. The van der Waals surface area contributed by atoms with Crippen molar-refractivity contribution < 1.29 is 52.8 Å². The van der Waals surface area contributed by atoms with Crippen molar-refractivity contribution in [2.45, 2.75) is 41.5 Å². The molecule has 1 heterocycles. The number of nitrogens with zero attached hydrogens (tertiary/aromatic N) is 1. The van der Waals surface area contributed by atoms with Crippen LogP contribution in [-0.2, 0) is 59.9 Å². The van der Waals surface area contributed by atoms with Crippen LogP contribution >= 0.6 is 0 Å². The fourth-order valence-corrected chi connectivity index (χ4v) is 2.36. The van der Waals surface area contributed by atoms with Gasteiger partial charge in [0.05, 0.1) is 0 Å². The Morgan fingerprint density at radius 2 is 1.29 bits per heavy atom. The molecule has 0 aliphatic rings. The molecule has 1 aromatic carbocycles. The van der Waals surface area contributed by atoms with E-state index >= 15 is 0 Å². The van der Waals surface area contributed by atoms with Gasteiger partial charge in [0.15, 0.2) is 0 Å². The number of rotatable bonds is 1. The standard InChI is InChI=1S/C17H21N.CH3.Ir.Y/c1-10-8-16(14(5)13(4)12(10)3)17-9-11(2)15(6)18(17)7;;;/h1-7H3;1H3;;/q-2;-1;+3;. The molecule has 113 valence electrons. The second-order valence-electron chi connectivity index (χ2n) is 5.24. The summed E-state index contributed by atoms with van der Waals surface area (Å²) < 4.78 is 2.21.